The number of benzene rings is 1. The van der Waals surface area contributed by atoms with Crippen molar-refractivity contribution in [3.63, 3.8) is 0 Å². The van der Waals surface area contributed by atoms with Gasteiger partial charge in [-0.25, -0.2) is 13.6 Å². The van der Waals surface area contributed by atoms with Gasteiger partial charge in [0.25, 0.3) is 0 Å². The standard InChI is InChI=1S/C16H18F2N6O3/c17-3-4-22-5-6-23(10-15(22)25)14-2-1-11(7-13(14)18)24-9-12(8-20-21-19)27-16(24)26/h1-2,7,12H,3-6,8-10H2/t12-/m0/s1. The predicted molar refractivity (Wildman–Crippen MR) is 92.8 cm³/mol. The highest BCUT2D eigenvalue weighted by atomic mass is 19.1. The fraction of sp³-hybridized carbons (Fsp3) is 0.500. The topological polar surface area (TPSA) is 102 Å². The Morgan fingerprint density at radius 2 is 2.15 bits per heavy atom. The average Bonchev–Trinajstić information content (AvgIpc) is 3.02. The van der Waals surface area contributed by atoms with Gasteiger partial charge >= 0.3 is 6.09 Å². The molecule has 27 heavy (non-hydrogen) atoms. The van der Waals surface area contributed by atoms with Gasteiger partial charge in [-0.15, -0.1) is 0 Å². The maximum absolute atomic E-state index is 14.6. The van der Waals surface area contributed by atoms with E-state index in [9.17, 15) is 18.4 Å². The molecule has 2 fully saturated rings. The normalized spacial score (nSPS) is 19.9. The van der Waals surface area contributed by atoms with E-state index in [1.807, 2.05) is 0 Å². The van der Waals surface area contributed by atoms with Crippen LogP contribution in [-0.2, 0) is 9.53 Å². The molecule has 2 amide bonds. The molecule has 0 saturated carbocycles. The molecule has 2 saturated heterocycles. The molecule has 0 bridgehead atoms. The summed E-state index contributed by atoms with van der Waals surface area (Å²) in [5.74, 6) is -0.836. The Balaban J connectivity index is 1.70. The molecule has 2 aliphatic heterocycles. The second-order valence-electron chi connectivity index (χ2n) is 6.16. The smallest absolute Gasteiger partial charge is 0.414 e. The number of cyclic esters (lactones) is 1. The summed E-state index contributed by atoms with van der Waals surface area (Å²) in [7, 11) is 0. The molecule has 2 aliphatic rings. The van der Waals surface area contributed by atoms with Crippen molar-refractivity contribution in [2.24, 2.45) is 5.11 Å². The molecule has 0 aromatic heterocycles. The monoisotopic (exact) mass is 380 g/mol. The van der Waals surface area contributed by atoms with Crippen molar-refractivity contribution in [3.8, 4) is 0 Å². The number of ether oxygens (including phenoxy) is 1. The first-order valence-corrected chi connectivity index (χ1v) is 8.40. The highest BCUT2D eigenvalue weighted by molar-refractivity contribution is 5.90. The molecule has 144 valence electrons. The first-order chi connectivity index (χ1) is 13.0. The first kappa shape index (κ1) is 18.7. The highest BCUT2D eigenvalue weighted by Gasteiger charge is 2.33. The SMILES string of the molecule is [N-]=[N+]=NC[C@H]1CN(c2ccc(N3CCN(CCF)C(=O)C3)c(F)c2)C(=O)O1. The number of rotatable bonds is 6. The van der Waals surface area contributed by atoms with Crippen LogP contribution in [0.25, 0.3) is 10.4 Å². The minimum absolute atomic E-state index is 0.00454. The summed E-state index contributed by atoms with van der Waals surface area (Å²) >= 11 is 0. The zero-order chi connectivity index (χ0) is 19.4. The molecular weight excluding hydrogens is 362 g/mol. The number of hydrogen-bond donors (Lipinski definition) is 0. The molecule has 11 heteroatoms. The van der Waals surface area contributed by atoms with Gasteiger partial charge in [0.15, 0.2) is 0 Å². The number of hydrogen-bond acceptors (Lipinski definition) is 5. The molecule has 0 unspecified atom stereocenters. The molecule has 9 nitrogen and oxygen atoms in total. The zero-order valence-electron chi connectivity index (χ0n) is 14.4. The lowest BCUT2D eigenvalue weighted by Gasteiger charge is -2.35. The maximum Gasteiger partial charge on any atom is 0.414 e. The van der Waals surface area contributed by atoms with Crippen LogP contribution in [0.5, 0.6) is 0 Å². The summed E-state index contributed by atoms with van der Waals surface area (Å²) in [6.45, 7) is 0.271. The van der Waals surface area contributed by atoms with Gasteiger partial charge in [0.05, 0.1) is 31.0 Å². The molecule has 1 aromatic rings. The maximum atomic E-state index is 14.6. The Morgan fingerprint density at radius 1 is 1.33 bits per heavy atom. The Bertz CT molecular complexity index is 785. The summed E-state index contributed by atoms with van der Waals surface area (Å²) < 4.78 is 32.1. The Labute approximate surface area is 153 Å². The van der Waals surface area contributed by atoms with Gasteiger partial charge in [0, 0.05) is 24.5 Å². The summed E-state index contributed by atoms with van der Waals surface area (Å²) in [5, 5.41) is 3.37. The van der Waals surface area contributed by atoms with E-state index in [0.717, 1.165) is 0 Å². The lowest BCUT2D eigenvalue weighted by Crippen LogP contribution is -2.51. The van der Waals surface area contributed by atoms with Crippen LogP contribution in [0.15, 0.2) is 23.3 Å². The van der Waals surface area contributed by atoms with Crippen LogP contribution in [0.4, 0.5) is 25.0 Å². The molecule has 1 atom stereocenters. The largest absolute Gasteiger partial charge is 0.444 e. The Hall–Kier alpha value is -3.07. The van der Waals surface area contributed by atoms with Crippen molar-refractivity contribution in [2.75, 3.05) is 55.7 Å². The van der Waals surface area contributed by atoms with Gasteiger partial charge in [-0.3, -0.25) is 9.69 Å². The number of nitrogens with zero attached hydrogens (tertiary/aromatic N) is 6. The van der Waals surface area contributed by atoms with Crippen molar-refractivity contribution in [1.29, 1.82) is 0 Å². The van der Waals surface area contributed by atoms with Gasteiger partial charge in [-0.05, 0) is 23.7 Å². The van der Waals surface area contributed by atoms with Crippen LogP contribution >= 0.6 is 0 Å². The molecule has 0 radical (unpaired) electrons. The first-order valence-electron chi connectivity index (χ1n) is 8.40. The van der Waals surface area contributed by atoms with Crippen molar-refractivity contribution >= 4 is 23.4 Å². The van der Waals surface area contributed by atoms with Crippen LogP contribution in [-0.4, -0.2) is 68.9 Å². The van der Waals surface area contributed by atoms with E-state index in [-0.39, 0.29) is 37.8 Å². The van der Waals surface area contributed by atoms with Gasteiger partial charge < -0.3 is 14.5 Å². The second-order valence-corrected chi connectivity index (χ2v) is 6.16. The number of piperazine rings is 1. The van der Waals surface area contributed by atoms with Crippen molar-refractivity contribution in [3.05, 3.63) is 34.5 Å². The van der Waals surface area contributed by atoms with Gasteiger partial charge in [0.1, 0.15) is 18.6 Å². The van der Waals surface area contributed by atoms with E-state index in [4.69, 9.17) is 10.3 Å². The molecule has 0 aliphatic carbocycles. The fourth-order valence-corrected chi connectivity index (χ4v) is 3.13. The number of carbonyl (C=O) groups excluding carboxylic acids is 2. The molecule has 1 aromatic carbocycles. The Kier molecular flexibility index (Phi) is 5.60. The molecule has 3 rings (SSSR count). The van der Waals surface area contributed by atoms with Gasteiger partial charge in [-0.1, -0.05) is 5.11 Å². The number of alkyl halides is 1. The summed E-state index contributed by atoms with van der Waals surface area (Å²) in [4.78, 5) is 30.8. The average molecular weight is 380 g/mol. The Morgan fingerprint density at radius 3 is 2.81 bits per heavy atom. The van der Waals surface area contributed by atoms with Crippen molar-refractivity contribution in [2.45, 2.75) is 6.10 Å². The summed E-state index contributed by atoms with van der Waals surface area (Å²) in [6.07, 6.45) is -1.23. The lowest BCUT2D eigenvalue weighted by molar-refractivity contribution is -0.131. The minimum Gasteiger partial charge on any atom is -0.444 e. The third-order valence-corrected chi connectivity index (χ3v) is 4.48. The van der Waals surface area contributed by atoms with E-state index < -0.39 is 24.7 Å². The van der Waals surface area contributed by atoms with E-state index >= 15 is 0 Å². The number of carbonyl (C=O) groups is 2. The molecule has 0 spiro atoms. The number of anilines is 2. The van der Waals surface area contributed by atoms with Crippen LogP contribution < -0.4 is 9.80 Å². The third-order valence-electron chi connectivity index (χ3n) is 4.48. The van der Waals surface area contributed by atoms with Crippen LogP contribution in [0.1, 0.15) is 0 Å². The summed E-state index contributed by atoms with van der Waals surface area (Å²) in [5.41, 5.74) is 8.89. The molecular formula is C16H18F2N6O3. The van der Waals surface area contributed by atoms with Crippen LogP contribution in [0.2, 0.25) is 0 Å². The second kappa shape index (κ2) is 8.09. The van der Waals surface area contributed by atoms with Gasteiger partial charge in [0.2, 0.25) is 5.91 Å². The van der Waals surface area contributed by atoms with Crippen molar-refractivity contribution in [1.82, 2.24) is 4.90 Å². The van der Waals surface area contributed by atoms with Crippen molar-refractivity contribution < 1.29 is 23.1 Å². The van der Waals surface area contributed by atoms with E-state index in [0.29, 0.717) is 18.8 Å². The lowest BCUT2D eigenvalue weighted by atomic mass is 10.2. The van der Waals surface area contributed by atoms with E-state index in [1.54, 1.807) is 11.0 Å². The van der Waals surface area contributed by atoms with Crippen LogP contribution in [0, 0.1) is 5.82 Å². The number of halogens is 2. The zero-order valence-corrected chi connectivity index (χ0v) is 14.4. The fourth-order valence-electron chi connectivity index (χ4n) is 3.13. The van der Waals surface area contributed by atoms with E-state index in [2.05, 4.69) is 10.0 Å². The summed E-state index contributed by atoms with van der Waals surface area (Å²) in [6, 6.07) is 4.26. The molecule has 0 N–H and O–H groups in total. The number of azide groups is 1. The van der Waals surface area contributed by atoms with Gasteiger partial charge in [-0.2, -0.15) is 0 Å². The van der Waals surface area contributed by atoms with Crippen LogP contribution in [0.3, 0.4) is 0 Å². The number of amides is 2. The predicted octanol–water partition coefficient (Wildman–Crippen LogP) is 2.08. The third kappa shape index (κ3) is 4.03. The van der Waals surface area contributed by atoms with E-state index in [1.165, 1.54) is 21.9 Å². The quantitative estimate of drug-likeness (QED) is 0.428. The minimum atomic E-state index is -0.643. The molecule has 2 heterocycles. The highest BCUT2D eigenvalue weighted by Crippen LogP contribution is 2.28.